The van der Waals surface area contributed by atoms with Gasteiger partial charge in [-0.05, 0) is 43.3 Å². The molecule has 2 aliphatic heterocycles. The Hall–Kier alpha value is -3.91. The maximum Gasteiger partial charge on any atom is 0.329 e. The van der Waals surface area contributed by atoms with Gasteiger partial charge in [0, 0.05) is 39.6 Å². The molecule has 2 aromatic carbocycles. The molecule has 10 heteroatoms. The first-order valence-electron chi connectivity index (χ1n) is 13.5. The van der Waals surface area contributed by atoms with Gasteiger partial charge in [0.05, 0.1) is 43.0 Å². The number of nitrogens with one attached hydrogen (secondary N) is 1. The van der Waals surface area contributed by atoms with Crippen LogP contribution in [0, 0.1) is 11.8 Å². The van der Waals surface area contributed by atoms with E-state index in [9.17, 15) is 14.4 Å². The standard InChI is InChI=1S/C30H35N5O5/c1-32(18-21-9-11-23(39-3)12-10-21)19-24-20-34(16-17-40-24)15-5-7-22-6-4-8-25-28(22)33(2)30(38)35(25)26-13-14-27(36)31-29(26)37/h4,6,8-12,24,26H,13-20H2,1-3H3,(H,31,36,37)/t24-,26?/m1/s1. The minimum absolute atomic E-state index is 0.0885. The predicted molar refractivity (Wildman–Crippen MR) is 151 cm³/mol. The number of carbonyl (C=O) groups is 2. The molecule has 2 amide bonds. The Morgan fingerprint density at radius 1 is 1.15 bits per heavy atom. The highest BCUT2D eigenvalue weighted by molar-refractivity contribution is 6.00. The van der Waals surface area contributed by atoms with Gasteiger partial charge < -0.3 is 9.47 Å². The maximum absolute atomic E-state index is 13.1. The number of morpholine rings is 1. The number of imidazole rings is 1. The highest BCUT2D eigenvalue weighted by Gasteiger charge is 2.31. The third-order valence-corrected chi connectivity index (χ3v) is 7.50. The van der Waals surface area contributed by atoms with E-state index in [0.717, 1.165) is 37.5 Å². The summed E-state index contributed by atoms with van der Waals surface area (Å²) in [6.45, 7) is 4.47. The minimum atomic E-state index is -0.717. The normalized spacial score (nSPS) is 19.9. The second-order valence-corrected chi connectivity index (χ2v) is 10.4. The summed E-state index contributed by atoms with van der Waals surface area (Å²) in [7, 11) is 5.45. The Morgan fingerprint density at radius 2 is 1.95 bits per heavy atom. The van der Waals surface area contributed by atoms with Gasteiger partial charge in [0.1, 0.15) is 11.8 Å². The lowest BCUT2D eigenvalue weighted by Gasteiger charge is -2.33. The molecule has 2 aliphatic rings. The van der Waals surface area contributed by atoms with Crippen molar-refractivity contribution in [3.8, 4) is 17.6 Å². The molecule has 0 radical (unpaired) electrons. The number of ether oxygens (including phenoxy) is 2. The molecule has 3 heterocycles. The van der Waals surface area contributed by atoms with Crippen LogP contribution in [0.5, 0.6) is 5.75 Å². The second-order valence-electron chi connectivity index (χ2n) is 10.4. The lowest BCUT2D eigenvalue weighted by molar-refractivity contribution is -0.135. The van der Waals surface area contributed by atoms with Crippen molar-refractivity contribution in [2.75, 3.05) is 46.9 Å². The number of rotatable bonds is 7. The molecule has 10 nitrogen and oxygen atoms in total. The van der Waals surface area contributed by atoms with Gasteiger partial charge in [-0.25, -0.2) is 4.79 Å². The number of methoxy groups -OCH3 is 1. The van der Waals surface area contributed by atoms with Crippen molar-refractivity contribution in [3.63, 3.8) is 0 Å². The highest BCUT2D eigenvalue weighted by Crippen LogP contribution is 2.24. The van der Waals surface area contributed by atoms with Gasteiger partial charge >= 0.3 is 5.69 Å². The first-order chi connectivity index (χ1) is 19.3. The van der Waals surface area contributed by atoms with Crippen molar-refractivity contribution in [3.05, 3.63) is 64.1 Å². The SMILES string of the molecule is COc1ccc(CN(C)C[C@@H]2CN(CC#Cc3cccc4c3n(C)c(=O)n4C3CCC(=O)NC3=O)CCO2)cc1. The van der Waals surface area contributed by atoms with Crippen molar-refractivity contribution >= 4 is 22.8 Å². The number of para-hydroxylation sites is 1. The van der Waals surface area contributed by atoms with Crippen LogP contribution in [0.4, 0.5) is 0 Å². The lowest BCUT2D eigenvalue weighted by atomic mass is 10.1. The average Bonchev–Trinajstić information content (AvgIpc) is 3.19. The van der Waals surface area contributed by atoms with Gasteiger partial charge in [0.25, 0.3) is 0 Å². The zero-order chi connectivity index (χ0) is 28.2. The fourth-order valence-electron chi connectivity index (χ4n) is 5.50. The van der Waals surface area contributed by atoms with Crippen LogP contribution in [0.2, 0.25) is 0 Å². The largest absolute Gasteiger partial charge is 0.497 e. The van der Waals surface area contributed by atoms with E-state index in [2.05, 4.69) is 46.1 Å². The number of nitrogens with zero attached hydrogens (tertiary/aromatic N) is 4. The van der Waals surface area contributed by atoms with Crippen LogP contribution in [0.25, 0.3) is 11.0 Å². The van der Waals surface area contributed by atoms with E-state index in [-0.39, 0.29) is 24.1 Å². The number of benzene rings is 2. The van der Waals surface area contributed by atoms with Crippen LogP contribution in [-0.4, -0.2) is 83.8 Å². The van der Waals surface area contributed by atoms with E-state index in [0.29, 0.717) is 30.6 Å². The molecule has 2 fully saturated rings. The average molecular weight is 546 g/mol. The van der Waals surface area contributed by atoms with Crippen LogP contribution >= 0.6 is 0 Å². The summed E-state index contributed by atoms with van der Waals surface area (Å²) in [5.74, 6) is 6.63. The quantitative estimate of drug-likeness (QED) is 0.355. The Morgan fingerprint density at radius 3 is 2.70 bits per heavy atom. The van der Waals surface area contributed by atoms with Gasteiger partial charge in [-0.2, -0.15) is 0 Å². The van der Waals surface area contributed by atoms with Crippen molar-refractivity contribution in [2.24, 2.45) is 7.05 Å². The highest BCUT2D eigenvalue weighted by atomic mass is 16.5. The number of amides is 2. The van der Waals surface area contributed by atoms with Crippen molar-refractivity contribution in [2.45, 2.75) is 31.5 Å². The maximum atomic E-state index is 13.1. The third kappa shape index (κ3) is 5.97. The van der Waals surface area contributed by atoms with E-state index in [1.165, 1.54) is 14.7 Å². The number of fused-ring (bicyclic) bond motifs is 1. The summed E-state index contributed by atoms with van der Waals surface area (Å²) in [4.78, 5) is 41.8. The number of piperidine rings is 1. The molecule has 0 saturated carbocycles. The summed E-state index contributed by atoms with van der Waals surface area (Å²) in [6.07, 6.45) is 0.592. The van der Waals surface area contributed by atoms with E-state index in [1.807, 2.05) is 30.3 Å². The van der Waals surface area contributed by atoms with Crippen molar-refractivity contribution < 1.29 is 19.1 Å². The second kappa shape index (κ2) is 12.1. The fraction of sp³-hybridized carbons (Fsp3) is 0.433. The molecule has 1 N–H and O–H groups in total. The van der Waals surface area contributed by atoms with E-state index in [1.54, 1.807) is 14.2 Å². The Labute approximate surface area is 233 Å². The van der Waals surface area contributed by atoms with Crippen molar-refractivity contribution in [1.82, 2.24) is 24.3 Å². The van der Waals surface area contributed by atoms with E-state index in [4.69, 9.17) is 9.47 Å². The molecule has 5 rings (SSSR count). The smallest absolute Gasteiger partial charge is 0.329 e. The molecule has 1 unspecified atom stereocenters. The first kappa shape index (κ1) is 27.6. The van der Waals surface area contributed by atoms with E-state index >= 15 is 0 Å². The number of hydrogen-bond acceptors (Lipinski definition) is 7. The topological polar surface area (TPSA) is 98.0 Å². The van der Waals surface area contributed by atoms with Gasteiger partial charge in [-0.3, -0.25) is 33.8 Å². The molecule has 210 valence electrons. The molecule has 2 atom stereocenters. The van der Waals surface area contributed by atoms with Crippen LogP contribution in [0.15, 0.2) is 47.3 Å². The molecule has 0 aliphatic carbocycles. The summed E-state index contributed by atoms with van der Waals surface area (Å²) in [6, 6.07) is 12.9. The van der Waals surface area contributed by atoms with Crippen LogP contribution in [-0.2, 0) is 27.9 Å². The van der Waals surface area contributed by atoms with Crippen molar-refractivity contribution in [1.29, 1.82) is 0 Å². The van der Waals surface area contributed by atoms with Gasteiger partial charge in [0.2, 0.25) is 11.8 Å². The number of imide groups is 1. The van der Waals surface area contributed by atoms with Gasteiger partial charge in [0.15, 0.2) is 0 Å². The number of likely N-dealkylation sites (N-methyl/N-ethyl adjacent to an activating group) is 1. The summed E-state index contributed by atoms with van der Waals surface area (Å²) in [5, 5.41) is 2.35. The number of aromatic nitrogens is 2. The van der Waals surface area contributed by atoms with Crippen LogP contribution in [0.3, 0.4) is 0 Å². The Kier molecular flexibility index (Phi) is 8.35. The summed E-state index contributed by atoms with van der Waals surface area (Å²) < 4.78 is 14.3. The fourth-order valence-corrected chi connectivity index (χ4v) is 5.50. The summed E-state index contributed by atoms with van der Waals surface area (Å²) in [5.41, 5.74) is 2.97. The van der Waals surface area contributed by atoms with Crippen LogP contribution in [0.1, 0.15) is 30.0 Å². The Bertz CT molecular complexity index is 1510. The molecule has 0 bridgehead atoms. The zero-order valence-corrected chi connectivity index (χ0v) is 23.2. The molecule has 40 heavy (non-hydrogen) atoms. The van der Waals surface area contributed by atoms with Crippen LogP contribution < -0.4 is 15.7 Å². The molecular weight excluding hydrogens is 510 g/mol. The molecule has 0 spiro atoms. The monoisotopic (exact) mass is 545 g/mol. The number of carbonyl (C=O) groups excluding carboxylic acids is 2. The first-order valence-corrected chi connectivity index (χ1v) is 13.5. The third-order valence-electron chi connectivity index (χ3n) is 7.50. The van der Waals surface area contributed by atoms with Gasteiger partial charge in [-0.1, -0.05) is 30.0 Å². The molecule has 2 saturated heterocycles. The predicted octanol–water partition coefficient (Wildman–Crippen LogP) is 1.51. The minimum Gasteiger partial charge on any atom is -0.497 e. The van der Waals surface area contributed by atoms with E-state index < -0.39 is 11.9 Å². The molecule has 3 aromatic rings. The summed E-state index contributed by atoms with van der Waals surface area (Å²) >= 11 is 0. The Balaban J connectivity index is 1.24. The molecule has 1 aromatic heterocycles. The number of hydrogen-bond donors (Lipinski definition) is 1. The number of aryl methyl sites for hydroxylation is 1. The molecular formula is C30H35N5O5. The lowest BCUT2D eigenvalue weighted by Crippen LogP contribution is -2.46. The van der Waals surface area contributed by atoms with Gasteiger partial charge in [-0.15, -0.1) is 0 Å². The zero-order valence-electron chi connectivity index (χ0n) is 23.2.